The molecule has 1 aliphatic rings. The van der Waals surface area contributed by atoms with E-state index in [9.17, 15) is 9.90 Å². The molecule has 4 N–H and O–H groups in total. The Morgan fingerprint density at radius 3 is 2.42 bits per heavy atom. The summed E-state index contributed by atoms with van der Waals surface area (Å²) in [5, 5.41) is 18.7. The second-order valence-corrected chi connectivity index (χ2v) is 8.78. The molecular weight excluding hydrogens is 456 g/mol. The van der Waals surface area contributed by atoms with Crippen molar-refractivity contribution in [2.75, 3.05) is 30.3 Å². The van der Waals surface area contributed by atoms with Crippen LogP contribution in [0.1, 0.15) is 17.1 Å². The first-order valence-electron chi connectivity index (χ1n) is 11.6. The highest BCUT2D eigenvalue weighted by atomic mass is 16.3. The van der Waals surface area contributed by atoms with Gasteiger partial charge in [-0.1, -0.05) is 18.2 Å². The Kier molecular flexibility index (Phi) is 6.61. The van der Waals surface area contributed by atoms with E-state index in [1.807, 2.05) is 49.4 Å². The number of aliphatic hydroxyl groups excluding tert-OH is 1. The molecule has 0 bridgehead atoms. The van der Waals surface area contributed by atoms with E-state index in [1.54, 1.807) is 24.5 Å². The number of aromatic nitrogens is 5. The maximum Gasteiger partial charge on any atom is 0.235 e. The molecule has 1 aromatic carbocycles. The third kappa shape index (κ3) is 5.19. The number of aliphatic hydroxyl groups is 1. The molecular formula is C26H26N8O2. The van der Waals surface area contributed by atoms with Gasteiger partial charge in [0.2, 0.25) is 5.91 Å². The molecule has 0 spiro atoms. The Morgan fingerprint density at radius 2 is 1.72 bits per heavy atom. The smallest absolute Gasteiger partial charge is 0.235 e. The Hall–Kier alpha value is -4.28. The summed E-state index contributed by atoms with van der Waals surface area (Å²) in [4.78, 5) is 34.8. The predicted octanol–water partition coefficient (Wildman–Crippen LogP) is 2.49. The first kappa shape index (κ1) is 23.5. The number of pyridine rings is 1. The molecule has 36 heavy (non-hydrogen) atoms. The molecule has 1 aliphatic heterocycles. The van der Waals surface area contributed by atoms with Crippen LogP contribution < -0.4 is 16.0 Å². The zero-order valence-electron chi connectivity index (χ0n) is 19.8. The Morgan fingerprint density at radius 1 is 0.972 bits per heavy atom. The highest BCUT2D eigenvalue weighted by Crippen LogP contribution is 2.24. The van der Waals surface area contributed by atoms with Crippen LogP contribution in [0.25, 0.3) is 11.5 Å². The molecule has 10 heteroatoms. The van der Waals surface area contributed by atoms with E-state index in [0.29, 0.717) is 54.2 Å². The lowest BCUT2D eigenvalue weighted by atomic mass is 9.81. The van der Waals surface area contributed by atoms with Crippen molar-refractivity contribution >= 4 is 23.2 Å². The van der Waals surface area contributed by atoms with Crippen molar-refractivity contribution in [1.82, 2.24) is 30.2 Å². The summed E-state index contributed by atoms with van der Waals surface area (Å²) in [5.74, 6) is 2.23. The van der Waals surface area contributed by atoms with Gasteiger partial charge in [0, 0.05) is 43.3 Å². The first-order valence-corrected chi connectivity index (χ1v) is 11.6. The molecule has 5 rings (SSSR count). The molecule has 0 saturated carbocycles. The molecule has 0 radical (unpaired) electrons. The van der Waals surface area contributed by atoms with Crippen LogP contribution in [0.5, 0.6) is 0 Å². The van der Waals surface area contributed by atoms with Gasteiger partial charge in [0.25, 0.3) is 0 Å². The molecule has 182 valence electrons. The van der Waals surface area contributed by atoms with Crippen molar-refractivity contribution in [1.29, 1.82) is 0 Å². The first-order chi connectivity index (χ1) is 17.5. The normalized spacial score (nSPS) is 14.1. The highest BCUT2D eigenvalue weighted by Gasteiger charge is 2.43. The van der Waals surface area contributed by atoms with E-state index in [4.69, 9.17) is 0 Å². The molecule has 4 heterocycles. The van der Waals surface area contributed by atoms with Crippen molar-refractivity contribution in [3.63, 3.8) is 0 Å². The van der Waals surface area contributed by atoms with Crippen LogP contribution in [0.4, 0.5) is 17.3 Å². The molecule has 0 unspecified atom stereocenters. The number of aryl methyl sites for hydroxylation is 1. The number of carbonyl (C=O) groups is 1. The number of hydrogen-bond donors (Lipinski definition) is 4. The number of carbonyl (C=O) groups excluding carboxylic acids is 1. The molecule has 4 aromatic rings. The van der Waals surface area contributed by atoms with Crippen LogP contribution in [0.3, 0.4) is 0 Å². The van der Waals surface area contributed by atoms with E-state index in [2.05, 4.69) is 40.9 Å². The summed E-state index contributed by atoms with van der Waals surface area (Å²) in [7, 11) is 0. The lowest BCUT2D eigenvalue weighted by Gasteiger charge is -2.39. The quantitative estimate of drug-likeness (QED) is 0.298. The number of anilines is 3. The van der Waals surface area contributed by atoms with E-state index >= 15 is 0 Å². The van der Waals surface area contributed by atoms with Gasteiger partial charge in [-0.15, -0.1) is 0 Å². The van der Waals surface area contributed by atoms with Gasteiger partial charge in [-0.25, -0.2) is 24.9 Å². The molecule has 1 amide bonds. The summed E-state index contributed by atoms with van der Waals surface area (Å²) in [6, 6.07) is 16.8. The minimum atomic E-state index is -0.735. The number of nitrogens with one attached hydrogen (secondary N) is 3. The molecule has 1 saturated heterocycles. The monoisotopic (exact) mass is 482 g/mol. The van der Waals surface area contributed by atoms with Gasteiger partial charge in [0.15, 0.2) is 5.82 Å². The predicted molar refractivity (Wildman–Crippen MR) is 136 cm³/mol. The van der Waals surface area contributed by atoms with Gasteiger partial charge in [-0.05, 0) is 48.9 Å². The van der Waals surface area contributed by atoms with Crippen molar-refractivity contribution in [3.05, 3.63) is 84.1 Å². The molecule has 3 aromatic heterocycles. The average molecular weight is 483 g/mol. The second-order valence-electron chi connectivity index (χ2n) is 8.78. The number of amides is 1. The van der Waals surface area contributed by atoms with Crippen LogP contribution in [-0.4, -0.2) is 55.6 Å². The maximum atomic E-state index is 12.5. The summed E-state index contributed by atoms with van der Waals surface area (Å²) in [6.07, 6.45) is 3.90. The van der Waals surface area contributed by atoms with Crippen LogP contribution in [0, 0.1) is 12.3 Å². The SMILES string of the molecule is Cc1cccc(-c2nccc(Nc3ccnc(Cc4ccc(NC(=O)C5(CO)CNC5)cc4)n3)n2)n1. The van der Waals surface area contributed by atoms with Crippen LogP contribution in [0.15, 0.2) is 67.0 Å². The zero-order chi connectivity index (χ0) is 25.0. The van der Waals surface area contributed by atoms with Gasteiger partial charge in [0.1, 0.15) is 23.2 Å². The average Bonchev–Trinajstić information content (AvgIpc) is 2.85. The fourth-order valence-electron chi connectivity index (χ4n) is 3.83. The lowest BCUT2D eigenvalue weighted by Crippen LogP contribution is -2.62. The van der Waals surface area contributed by atoms with Gasteiger partial charge in [-0.3, -0.25) is 4.79 Å². The van der Waals surface area contributed by atoms with Gasteiger partial charge < -0.3 is 21.1 Å². The number of rotatable bonds is 8. The number of hydrogen-bond acceptors (Lipinski definition) is 9. The lowest BCUT2D eigenvalue weighted by molar-refractivity contribution is -0.131. The summed E-state index contributed by atoms with van der Waals surface area (Å²) in [5.41, 5.74) is 2.55. The van der Waals surface area contributed by atoms with Crippen LogP contribution >= 0.6 is 0 Å². The minimum Gasteiger partial charge on any atom is -0.395 e. The van der Waals surface area contributed by atoms with E-state index in [0.717, 1.165) is 11.3 Å². The summed E-state index contributed by atoms with van der Waals surface area (Å²) in [6.45, 7) is 2.71. The standard InChI is InChI=1S/C26H26N8O2/c1-17-3-2-4-20(30-17)24-29-12-10-22(34-24)32-21-9-11-28-23(33-21)13-18-5-7-19(8-6-18)31-25(36)26(16-35)14-27-15-26/h2-12,27,35H,13-16H2,1H3,(H,31,36)(H,28,29,32,33,34). The van der Waals surface area contributed by atoms with Gasteiger partial charge >= 0.3 is 0 Å². The third-order valence-electron chi connectivity index (χ3n) is 6.02. The van der Waals surface area contributed by atoms with Crippen molar-refractivity contribution in [2.24, 2.45) is 5.41 Å². The number of benzene rings is 1. The van der Waals surface area contributed by atoms with Crippen molar-refractivity contribution < 1.29 is 9.90 Å². The Labute approximate surface area is 208 Å². The van der Waals surface area contributed by atoms with Gasteiger partial charge in [-0.2, -0.15) is 0 Å². The van der Waals surface area contributed by atoms with E-state index in [-0.39, 0.29) is 12.5 Å². The Balaban J connectivity index is 1.24. The summed E-state index contributed by atoms with van der Waals surface area (Å²) >= 11 is 0. The van der Waals surface area contributed by atoms with Crippen LogP contribution in [0.2, 0.25) is 0 Å². The maximum absolute atomic E-state index is 12.5. The van der Waals surface area contributed by atoms with E-state index in [1.165, 1.54) is 0 Å². The van der Waals surface area contributed by atoms with Gasteiger partial charge in [0.05, 0.1) is 12.0 Å². The highest BCUT2D eigenvalue weighted by molar-refractivity contribution is 5.96. The minimum absolute atomic E-state index is 0.176. The molecule has 0 aliphatic carbocycles. The van der Waals surface area contributed by atoms with Crippen molar-refractivity contribution in [2.45, 2.75) is 13.3 Å². The largest absolute Gasteiger partial charge is 0.395 e. The molecule has 1 fully saturated rings. The summed E-state index contributed by atoms with van der Waals surface area (Å²) < 4.78 is 0. The molecule has 0 atom stereocenters. The third-order valence-corrected chi connectivity index (χ3v) is 6.02. The fraction of sp³-hybridized carbons (Fsp3) is 0.231. The van der Waals surface area contributed by atoms with Crippen LogP contribution in [-0.2, 0) is 11.2 Å². The molecule has 10 nitrogen and oxygen atoms in total. The van der Waals surface area contributed by atoms with Crippen molar-refractivity contribution in [3.8, 4) is 11.5 Å². The fourth-order valence-corrected chi connectivity index (χ4v) is 3.83. The second kappa shape index (κ2) is 10.1. The Bertz CT molecular complexity index is 1370. The topological polar surface area (TPSA) is 138 Å². The van der Waals surface area contributed by atoms with E-state index < -0.39 is 5.41 Å². The number of nitrogens with zero attached hydrogens (tertiary/aromatic N) is 5. The zero-order valence-corrected chi connectivity index (χ0v) is 19.8.